The highest BCUT2D eigenvalue weighted by Crippen LogP contribution is 2.30. The molecule has 1 aromatic heterocycles. The molecular formula is C15H23N3O. The first-order valence-electron chi connectivity index (χ1n) is 7.02. The highest BCUT2D eigenvalue weighted by molar-refractivity contribution is 5.92. The van der Waals surface area contributed by atoms with E-state index in [1.807, 2.05) is 12.1 Å². The minimum atomic E-state index is -0.0730. The van der Waals surface area contributed by atoms with Crippen LogP contribution in [0.2, 0.25) is 0 Å². The molecule has 1 N–H and O–H groups in total. The molecule has 19 heavy (non-hydrogen) atoms. The van der Waals surface area contributed by atoms with E-state index in [9.17, 15) is 4.79 Å². The molecular weight excluding hydrogens is 238 g/mol. The Morgan fingerprint density at radius 3 is 3.00 bits per heavy atom. The first-order valence-corrected chi connectivity index (χ1v) is 7.02. The summed E-state index contributed by atoms with van der Waals surface area (Å²) in [6.07, 6.45) is 4.12. The smallest absolute Gasteiger partial charge is 0.269 e. The predicted octanol–water partition coefficient (Wildman–Crippen LogP) is 2.23. The molecule has 0 spiro atoms. The number of nitrogens with one attached hydrogen (secondary N) is 1. The Morgan fingerprint density at radius 1 is 1.58 bits per heavy atom. The van der Waals surface area contributed by atoms with Crippen LogP contribution in [0.5, 0.6) is 0 Å². The average Bonchev–Trinajstić information content (AvgIpc) is 2.82. The molecule has 2 rings (SSSR count). The summed E-state index contributed by atoms with van der Waals surface area (Å²) in [5.41, 5.74) is 1.73. The zero-order valence-corrected chi connectivity index (χ0v) is 12.0. The number of hydrogen-bond acceptors (Lipinski definition) is 3. The van der Waals surface area contributed by atoms with Crippen molar-refractivity contribution in [1.29, 1.82) is 0 Å². The number of amides is 1. The van der Waals surface area contributed by atoms with Gasteiger partial charge in [-0.25, -0.2) is 0 Å². The summed E-state index contributed by atoms with van der Waals surface area (Å²) in [7, 11) is 2.14. The molecule has 1 aliphatic rings. The fourth-order valence-corrected chi connectivity index (χ4v) is 2.50. The van der Waals surface area contributed by atoms with E-state index in [1.54, 1.807) is 6.20 Å². The summed E-state index contributed by atoms with van der Waals surface area (Å²) in [6, 6.07) is 4.38. The number of aromatic nitrogens is 1. The molecule has 0 bridgehead atoms. The van der Waals surface area contributed by atoms with E-state index in [1.165, 1.54) is 12.0 Å². The third-order valence-electron chi connectivity index (χ3n) is 3.59. The van der Waals surface area contributed by atoms with Gasteiger partial charge in [0.25, 0.3) is 5.91 Å². The Balaban J connectivity index is 2.08. The fraction of sp³-hybridized carbons (Fsp3) is 0.600. The molecule has 0 aliphatic carbocycles. The van der Waals surface area contributed by atoms with Crippen LogP contribution >= 0.6 is 0 Å². The molecule has 4 heteroatoms. The summed E-state index contributed by atoms with van der Waals surface area (Å²) in [5.74, 6) is 0.379. The van der Waals surface area contributed by atoms with Gasteiger partial charge in [-0.05, 0) is 50.0 Å². The van der Waals surface area contributed by atoms with Crippen molar-refractivity contribution < 1.29 is 4.79 Å². The Bertz CT molecular complexity index is 445. The second-order valence-corrected chi connectivity index (χ2v) is 5.72. The van der Waals surface area contributed by atoms with Crippen LogP contribution in [0.4, 0.5) is 0 Å². The molecule has 4 nitrogen and oxygen atoms in total. The van der Waals surface area contributed by atoms with E-state index in [2.05, 4.69) is 36.1 Å². The monoisotopic (exact) mass is 261 g/mol. The Morgan fingerprint density at radius 2 is 2.37 bits per heavy atom. The quantitative estimate of drug-likeness (QED) is 0.904. The average molecular weight is 261 g/mol. The maximum atomic E-state index is 12.0. The van der Waals surface area contributed by atoms with Gasteiger partial charge in [-0.2, -0.15) is 0 Å². The summed E-state index contributed by atoms with van der Waals surface area (Å²) in [6.45, 7) is 5.98. The van der Waals surface area contributed by atoms with Crippen molar-refractivity contribution in [2.24, 2.45) is 5.92 Å². The number of hydrogen-bond donors (Lipinski definition) is 1. The number of carbonyl (C=O) groups excluding carboxylic acids is 1. The highest BCUT2D eigenvalue weighted by atomic mass is 16.1. The number of likely N-dealkylation sites (tertiary alicyclic amines) is 1. The second-order valence-electron chi connectivity index (χ2n) is 5.72. The van der Waals surface area contributed by atoms with Crippen LogP contribution in [0.3, 0.4) is 0 Å². The fourth-order valence-electron chi connectivity index (χ4n) is 2.50. The van der Waals surface area contributed by atoms with Crippen molar-refractivity contribution in [2.75, 3.05) is 20.1 Å². The number of carbonyl (C=O) groups is 1. The maximum absolute atomic E-state index is 12.0. The lowest BCUT2D eigenvalue weighted by Crippen LogP contribution is -2.28. The lowest BCUT2D eigenvalue weighted by Gasteiger charge is -2.20. The Hall–Kier alpha value is -1.42. The van der Waals surface area contributed by atoms with E-state index in [0.29, 0.717) is 24.2 Å². The van der Waals surface area contributed by atoms with Crippen LogP contribution in [0.1, 0.15) is 48.8 Å². The molecule has 0 aromatic carbocycles. The number of rotatable bonds is 4. The third kappa shape index (κ3) is 3.53. The Labute approximate surface area is 115 Å². The molecule has 0 saturated carbocycles. The van der Waals surface area contributed by atoms with Crippen LogP contribution in [0.25, 0.3) is 0 Å². The molecule has 2 heterocycles. The number of nitrogens with zero attached hydrogens (tertiary/aromatic N) is 2. The summed E-state index contributed by atoms with van der Waals surface area (Å²) in [4.78, 5) is 18.5. The van der Waals surface area contributed by atoms with Crippen LogP contribution in [-0.2, 0) is 0 Å². The molecule has 1 aliphatic heterocycles. The molecule has 1 atom stereocenters. The summed E-state index contributed by atoms with van der Waals surface area (Å²) in [5, 5.41) is 2.91. The maximum Gasteiger partial charge on any atom is 0.269 e. The van der Waals surface area contributed by atoms with Gasteiger partial charge in [0.05, 0.1) is 0 Å². The Kier molecular flexibility index (Phi) is 4.53. The first-order chi connectivity index (χ1) is 9.08. The van der Waals surface area contributed by atoms with Crippen LogP contribution in [-0.4, -0.2) is 35.9 Å². The molecule has 0 radical (unpaired) electrons. The third-order valence-corrected chi connectivity index (χ3v) is 3.59. The van der Waals surface area contributed by atoms with Gasteiger partial charge in [0.1, 0.15) is 5.69 Å². The van der Waals surface area contributed by atoms with Gasteiger partial charge in [-0.3, -0.25) is 14.7 Å². The molecule has 1 fully saturated rings. The number of pyridine rings is 1. The zero-order chi connectivity index (χ0) is 13.8. The lowest BCUT2D eigenvalue weighted by molar-refractivity contribution is 0.0944. The second kappa shape index (κ2) is 6.15. The van der Waals surface area contributed by atoms with E-state index in [-0.39, 0.29) is 5.91 Å². The van der Waals surface area contributed by atoms with Gasteiger partial charge < -0.3 is 5.32 Å². The SMILES string of the molecule is CC(C)CNC(=O)c1cc(C2CCCN2C)ccn1. The van der Waals surface area contributed by atoms with Gasteiger partial charge in [-0.15, -0.1) is 0 Å². The van der Waals surface area contributed by atoms with Gasteiger partial charge in [0.2, 0.25) is 0 Å². The van der Waals surface area contributed by atoms with Crippen LogP contribution in [0, 0.1) is 5.92 Å². The van der Waals surface area contributed by atoms with Crippen LogP contribution < -0.4 is 5.32 Å². The van der Waals surface area contributed by atoms with E-state index in [4.69, 9.17) is 0 Å². The molecule has 1 saturated heterocycles. The van der Waals surface area contributed by atoms with Crippen molar-refractivity contribution in [3.05, 3.63) is 29.6 Å². The summed E-state index contributed by atoms with van der Waals surface area (Å²) < 4.78 is 0. The van der Waals surface area contributed by atoms with E-state index >= 15 is 0 Å². The normalized spacial score (nSPS) is 19.9. The topological polar surface area (TPSA) is 45.2 Å². The zero-order valence-electron chi connectivity index (χ0n) is 12.0. The molecule has 104 valence electrons. The predicted molar refractivity (Wildman–Crippen MR) is 76.0 cm³/mol. The first kappa shape index (κ1) is 14.0. The summed E-state index contributed by atoms with van der Waals surface area (Å²) >= 11 is 0. The van der Waals surface area contributed by atoms with Gasteiger partial charge >= 0.3 is 0 Å². The van der Waals surface area contributed by atoms with Crippen molar-refractivity contribution >= 4 is 5.91 Å². The van der Waals surface area contributed by atoms with Gasteiger partial charge in [-0.1, -0.05) is 13.8 Å². The minimum Gasteiger partial charge on any atom is -0.350 e. The molecule has 1 amide bonds. The lowest BCUT2D eigenvalue weighted by atomic mass is 10.0. The molecule has 1 unspecified atom stereocenters. The van der Waals surface area contributed by atoms with Gasteiger partial charge in [0.15, 0.2) is 0 Å². The minimum absolute atomic E-state index is 0.0730. The van der Waals surface area contributed by atoms with Crippen molar-refractivity contribution in [3.63, 3.8) is 0 Å². The van der Waals surface area contributed by atoms with Gasteiger partial charge in [0, 0.05) is 18.8 Å². The van der Waals surface area contributed by atoms with E-state index in [0.717, 1.165) is 13.0 Å². The van der Waals surface area contributed by atoms with Crippen molar-refractivity contribution in [1.82, 2.24) is 15.2 Å². The van der Waals surface area contributed by atoms with Crippen LogP contribution in [0.15, 0.2) is 18.3 Å². The molecule has 1 aromatic rings. The highest BCUT2D eigenvalue weighted by Gasteiger charge is 2.23. The van der Waals surface area contributed by atoms with Crippen molar-refractivity contribution in [2.45, 2.75) is 32.7 Å². The largest absolute Gasteiger partial charge is 0.350 e. The van der Waals surface area contributed by atoms with Crippen molar-refractivity contribution in [3.8, 4) is 0 Å². The van der Waals surface area contributed by atoms with E-state index < -0.39 is 0 Å². The standard InChI is InChI=1S/C15H23N3O/c1-11(2)10-17-15(19)13-9-12(6-7-16-13)14-5-4-8-18(14)3/h6-7,9,11,14H,4-5,8,10H2,1-3H3,(H,17,19).